The minimum atomic E-state index is 0.0588. The normalized spacial score (nSPS) is 15.0. The molecule has 1 aliphatic rings. The molecule has 0 bridgehead atoms. The van der Waals surface area contributed by atoms with Crippen LogP contribution in [0.5, 0.6) is 0 Å². The number of halogens is 1. The molecule has 3 aromatic rings. The van der Waals surface area contributed by atoms with Crippen molar-refractivity contribution in [2.24, 2.45) is 0 Å². The molecule has 0 amide bonds. The smallest absolute Gasteiger partial charge is 0.0178 e. The van der Waals surface area contributed by atoms with E-state index in [2.05, 4.69) is 85.2 Å². The molecule has 0 fully saturated rings. The first-order valence-electron chi connectivity index (χ1n) is 7.33. The van der Waals surface area contributed by atoms with Crippen molar-refractivity contribution in [3.63, 3.8) is 0 Å². The van der Waals surface area contributed by atoms with Gasteiger partial charge < -0.3 is 0 Å². The summed E-state index contributed by atoms with van der Waals surface area (Å²) in [7, 11) is 0. The number of fused-ring (bicyclic) bond motifs is 5. The van der Waals surface area contributed by atoms with Crippen molar-refractivity contribution >= 4 is 26.7 Å². The maximum Gasteiger partial charge on any atom is 0.0178 e. The molecule has 0 radical (unpaired) electrons. The van der Waals surface area contributed by atoms with Crippen LogP contribution in [0.25, 0.3) is 21.9 Å². The predicted molar refractivity (Wildman–Crippen MR) is 93.9 cm³/mol. The average Bonchev–Trinajstić information content (AvgIpc) is 2.68. The summed E-state index contributed by atoms with van der Waals surface area (Å²) < 4.78 is 1.16. The van der Waals surface area contributed by atoms with Gasteiger partial charge in [0.05, 0.1) is 0 Å². The Labute approximate surface area is 133 Å². The summed E-state index contributed by atoms with van der Waals surface area (Å²) in [4.78, 5) is 0. The van der Waals surface area contributed by atoms with Gasteiger partial charge in [0.15, 0.2) is 0 Å². The highest BCUT2D eigenvalue weighted by molar-refractivity contribution is 9.10. The fourth-order valence-corrected chi connectivity index (χ4v) is 4.10. The van der Waals surface area contributed by atoms with Crippen LogP contribution in [0, 0.1) is 6.92 Å². The highest BCUT2D eigenvalue weighted by Crippen LogP contribution is 2.52. The van der Waals surface area contributed by atoms with E-state index >= 15 is 0 Å². The molecule has 0 aromatic heterocycles. The quantitative estimate of drug-likeness (QED) is 0.457. The first-order valence-corrected chi connectivity index (χ1v) is 8.12. The second-order valence-corrected chi connectivity index (χ2v) is 7.39. The molecule has 3 aromatic carbocycles. The monoisotopic (exact) mass is 336 g/mol. The topological polar surface area (TPSA) is 0 Å². The third-order valence-electron chi connectivity index (χ3n) is 4.85. The zero-order chi connectivity index (χ0) is 14.8. The molecule has 0 nitrogen and oxygen atoms in total. The maximum atomic E-state index is 3.63. The predicted octanol–water partition coefficient (Wildman–Crippen LogP) is 6.22. The molecule has 0 atom stereocenters. The van der Waals surface area contributed by atoms with Crippen LogP contribution >= 0.6 is 15.9 Å². The molecule has 21 heavy (non-hydrogen) atoms. The van der Waals surface area contributed by atoms with Crippen LogP contribution in [0.1, 0.15) is 30.5 Å². The van der Waals surface area contributed by atoms with E-state index in [1.165, 1.54) is 38.6 Å². The van der Waals surface area contributed by atoms with Gasteiger partial charge in [0.25, 0.3) is 0 Å². The van der Waals surface area contributed by atoms with Gasteiger partial charge in [-0.15, -0.1) is 0 Å². The van der Waals surface area contributed by atoms with Crippen molar-refractivity contribution in [1.29, 1.82) is 0 Å². The molecule has 1 heteroatoms. The Kier molecular flexibility index (Phi) is 2.62. The number of benzene rings is 3. The molecule has 0 heterocycles. The molecule has 0 N–H and O–H groups in total. The summed E-state index contributed by atoms with van der Waals surface area (Å²) >= 11 is 3.63. The lowest BCUT2D eigenvalue weighted by Crippen LogP contribution is -2.15. The largest absolute Gasteiger partial charge is 0.0616 e. The zero-order valence-corrected chi connectivity index (χ0v) is 14.1. The number of rotatable bonds is 0. The number of aryl methyl sites for hydroxylation is 1. The van der Waals surface area contributed by atoms with E-state index in [9.17, 15) is 0 Å². The van der Waals surface area contributed by atoms with Gasteiger partial charge in [0, 0.05) is 9.89 Å². The van der Waals surface area contributed by atoms with Gasteiger partial charge in [-0.25, -0.2) is 0 Å². The van der Waals surface area contributed by atoms with Crippen LogP contribution in [0.4, 0.5) is 0 Å². The Hall–Kier alpha value is -1.60. The van der Waals surface area contributed by atoms with Gasteiger partial charge in [-0.2, -0.15) is 0 Å². The van der Waals surface area contributed by atoms with E-state index in [-0.39, 0.29) is 5.41 Å². The summed E-state index contributed by atoms with van der Waals surface area (Å²) in [6.45, 7) is 6.88. The second kappa shape index (κ2) is 4.20. The van der Waals surface area contributed by atoms with Gasteiger partial charge in [0.1, 0.15) is 0 Å². The van der Waals surface area contributed by atoms with Gasteiger partial charge in [-0.05, 0) is 57.6 Å². The molecular weight excluding hydrogens is 320 g/mol. The molecule has 0 unspecified atom stereocenters. The van der Waals surface area contributed by atoms with E-state index in [1.54, 1.807) is 0 Å². The molecule has 0 saturated heterocycles. The Balaban J connectivity index is 2.22. The van der Waals surface area contributed by atoms with Crippen molar-refractivity contribution in [2.45, 2.75) is 26.2 Å². The zero-order valence-electron chi connectivity index (χ0n) is 12.5. The SMILES string of the molecule is Cc1cc2c(c3ccccc13)-c1ccc(Br)cc1C2(C)C. The van der Waals surface area contributed by atoms with Gasteiger partial charge in [-0.3, -0.25) is 0 Å². The summed E-state index contributed by atoms with van der Waals surface area (Å²) in [5, 5.41) is 2.74. The van der Waals surface area contributed by atoms with Crippen LogP contribution in [0.3, 0.4) is 0 Å². The van der Waals surface area contributed by atoms with E-state index in [4.69, 9.17) is 0 Å². The maximum absolute atomic E-state index is 3.63. The minimum Gasteiger partial charge on any atom is -0.0616 e. The fourth-order valence-electron chi connectivity index (χ4n) is 3.74. The van der Waals surface area contributed by atoms with E-state index in [1.807, 2.05) is 0 Å². The van der Waals surface area contributed by atoms with Crippen LogP contribution < -0.4 is 0 Å². The summed E-state index contributed by atoms with van der Waals surface area (Å²) in [5.74, 6) is 0. The van der Waals surface area contributed by atoms with Gasteiger partial charge >= 0.3 is 0 Å². The van der Waals surface area contributed by atoms with Crippen molar-refractivity contribution in [1.82, 2.24) is 0 Å². The minimum absolute atomic E-state index is 0.0588. The summed E-state index contributed by atoms with van der Waals surface area (Å²) in [6.07, 6.45) is 0. The third-order valence-corrected chi connectivity index (χ3v) is 5.34. The molecule has 0 aliphatic heterocycles. The highest BCUT2D eigenvalue weighted by atomic mass is 79.9. The first-order chi connectivity index (χ1) is 10.00. The Morgan fingerprint density at radius 2 is 1.57 bits per heavy atom. The number of hydrogen-bond donors (Lipinski definition) is 0. The second-order valence-electron chi connectivity index (χ2n) is 6.48. The molecule has 4 rings (SSSR count). The first kappa shape index (κ1) is 13.1. The van der Waals surface area contributed by atoms with Crippen molar-refractivity contribution in [3.8, 4) is 11.1 Å². The molecule has 104 valence electrons. The van der Waals surface area contributed by atoms with E-state index in [0.29, 0.717) is 0 Å². The molecule has 1 aliphatic carbocycles. The lowest BCUT2D eigenvalue weighted by atomic mass is 9.81. The molecule has 0 saturated carbocycles. The molecular formula is C20H17Br. The summed E-state index contributed by atoms with van der Waals surface area (Å²) in [6, 6.07) is 17.8. The van der Waals surface area contributed by atoms with Crippen LogP contribution in [-0.4, -0.2) is 0 Å². The van der Waals surface area contributed by atoms with Crippen molar-refractivity contribution in [3.05, 3.63) is 69.7 Å². The van der Waals surface area contributed by atoms with Gasteiger partial charge in [0.2, 0.25) is 0 Å². The Morgan fingerprint density at radius 3 is 2.33 bits per heavy atom. The van der Waals surface area contributed by atoms with Crippen LogP contribution in [-0.2, 0) is 5.41 Å². The Bertz CT molecular complexity index is 888. The van der Waals surface area contributed by atoms with Crippen molar-refractivity contribution in [2.75, 3.05) is 0 Å². The van der Waals surface area contributed by atoms with Crippen LogP contribution in [0.15, 0.2) is 53.0 Å². The van der Waals surface area contributed by atoms with Gasteiger partial charge in [-0.1, -0.05) is 66.2 Å². The van der Waals surface area contributed by atoms with Crippen LogP contribution in [0.2, 0.25) is 0 Å². The lowest BCUT2D eigenvalue weighted by molar-refractivity contribution is 0.660. The summed E-state index contributed by atoms with van der Waals surface area (Å²) in [5.41, 5.74) is 7.10. The fraction of sp³-hybridized carbons (Fsp3) is 0.200. The number of hydrogen-bond acceptors (Lipinski definition) is 0. The highest BCUT2D eigenvalue weighted by Gasteiger charge is 2.36. The average molecular weight is 337 g/mol. The van der Waals surface area contributed by atoms with Crippen molar-refractivity contribution < 1.29 is 0 Å². The van der Waals surface area contributed by atoms with E-state index < -0.39 is 0 Å². The molecule has 0 spiro atoms. The Morgan fingerprint density at radius 1 is 0.857 bits per heavy atom. The van der Waals surface area contributed by atoms with E-state index in [0.717, 1.165) is 4.47 Å². The third kappa shape index (κ3) is 1.67. The standard InChI is InChI=1S/C20H17Br/c1-12-10-18-19(15-7-5-4-6-14(12)15)16-9-8-13(21)11-17(16)20(18,2)3/h4-11H,1-3H3. The lowest BCUT2D eigenvalue weighted by Gasteiger charge is -2.22.